The summed E-state index contributed by atoms with van der Waals surface area (Å²) < 4.78 is 7.29. The van der Waals surface area contributed by atoms with Gasteiger partial charge in [0.15, 0.2) is 0 Å². The number of aryl methyl sites for hydroxylation is 1. The van der Waals surface area contributed by atoms with Crippen LogP contribution in [0.4, 0.5) is 5.69 Å². The summed E-state index contributed by atoms with van der Waals surface area (Å²) in [6.45, 7) is 3.02. The van der Waals surface area contributed by atoms with Crippen molar-refractivity contribution in [3.8, 4) is 5.75 Å². The Bertz CT molecular complexity index is 1110. The van der Waals surface area contributed by atoms with Crippen molar-refractivity contribution in [2.45, 2.75) is 38.7 Å². The van der Waals surface area contributed by atoms with Gasteiger partial charge in [0, 0.05) is 42.6 Å². The topological polar surface area (TPSA) is 66.8 Å². The minimum Gasteiger partial charge on any atom is -0.487 e. The molecule has 1 amide bonds. The third-order valence-corrected chi connectivity index (χ3v) is 7.10. The van der Waals surface area contributed by atoms with Gasteiger partial charge in [0.2, 0.25) is 5.91 Å². The van der Waals surface area contributed by atoms with Crippen LogP contribution in [0.3, 0.4) is 0 Å². The summed E-state index contributed by atoms with van der Waals surface area (Å²) in [6.07, 6.45) is 0.504. The van der Waals surface area contributed by atoms with Crippen LogP contribution in [-0.2, 0) is 16.2 Å². The number of hydrogen-bond donors (Lipinski definition) is 1. The number of fused-ring (bicyclic) bond motifs is 3. The fourth-order valence-corrected chi connectivity index (χ4v) is 5.42. The molecule has 5 nitrogen and oxygen atoms in total. The van der Waals surface area contributed by atoms with Crippen molar-refractivity contribution in [3.63, 3.8) is 0 Å². The second kappa shape index (κ2) is 9.28. The number of anilines is 1. The number of alkyl halides is 1. The van der Waals surface area contributed by atoms with Crippen LogP contribution in [0.25, 0.3) is 10.1 Å². The summed E-state index contributed by atoms with van der Waals surface area (Å²) in [6, 6.07) is 11.9. The van der Waals surface area contributed by atoms with E-state index in [4.69, 9.17) is 21.4 Å². The molecule has 7 heteroatoms. The quantitative estimate of drug-likeness (QED) is 0.440. The Labute approximate surface area is 190 Å². The van der Waals surface area contributed by atoms with Crippen molar-refractivity contribution in [1.82, 2.24) is 0 Å². The van der Waals surface area contributed by atoms with Crippen molar-refractivity contribution in [2.75, 3.05) is 17.3 Å². The molecule has 2 aromatic carbocycles. The van der Waals surface area contributed by atoms with E-state index in [2.05, 4.69) is 12.3 Å². The predicted octanol–water partition coefficient (Wildman–Crippen LogP) is 5.71. The fraction of sp³-hybridized carbons (Fsp3) is 0.333. The van der Waals surface area contributed by atoms with Crippen LogP contribution in [0.5, 0.6) is 5.75 Å². The lowest BCUT2D eigenvalue weighted by Crippen LogP contribution is -2.30. The number of carbonyl (C=O) groups is 2. The lowest BCUT2D eigenvalue weighted by atomic mass is 9.97. The summed E-state index contributed by atoms with van der Waals surface area (Å²) in [7, 11) is 0. The van der Waals surface area contributed by atoms with Crippen molar-refractivity contribution >= 4 is 50.6 Å². The van der Waals surface area contributed by atoms with Gasteiger partial charge < -0.3 is 14.7 Å². The fourth-order valence-electron chi connectivity index (χ4n) is 4.13. The maximum atomic E-state index is 13.0. The number of thiophene rings is 1. The lowest BCUT2D eigenvalue weighted by Gasteiger charge is -2.19. The van der Waals surface area contributed by atoms with E-state index in [0.29, 0.717) is 25.5 Å². The summed E-state index contributed by atoms with van der Waals surface area (Å²) in [5.74, 6) is 0.255. The number of carboxylic acids is 1. The first-order valence-electron chi connectivity index (χ1n) is 10.3. The summed E-state index contributed by atoms with van der Waals surface area (Å²) in [5.41, 5.74) is 4.16. The second-order valence-corrected chi connectivity index (χ2v) is 9.00. The van der Waals surface area contributed by atoms with Crippen molar-refractivity contribution < 1.29 is 19.4 Å². The SMILES string of the molecule is Cc1csc2c(OCc3ccccc3)cc3c(c12)C(CCl)CN3C(=O)CCCC(=O)O. The summed E-state index contributed by atoms with van der Waals surface area (Å²) >= 11 is 7.95. The smallest absolute Gasteiger partial charge is 0.303 e. The number of carbonyl (C=O) groups excluding carboxylic acids is 1. The molecule has 3 aromatic rings. The normalized spacial score (nSPS) is 15.3. The molecule has 0 aliphatic carbocycles. The van der Waals surface area contributed by atoms with E-state index in [1.807, 2.05) is 36.4 Å². The van der Waals surface area contributed by atoms with Crippen molar-refractivity contribution in [3.05, 3.63) is 58.5 Å². The largest absolute Gasteiger partial charge is 0.487 e. The number of hydrogen-bond acceptors (Lipinski definition) is 4. The highest BCUT2D eigenvalue weighted by molar-refractivity contribution is 7.17. The van der Waals surface area contributed by atoms with Gasteiger partial charge in [-0.3, -0.25) is 9.59 Å². The van der Waals surface area contributed by atoms with E-state index in [1.54, 1.807) is 16.2 Å². The molecule has 4 rings (SSSR count). The van der Waals surface area contributed by atoms with E-state index >= 15 is 0 Å². The molecule has 31 heavy (non-hydrogen) atoms. The summed E-state index contributed by atoms with van der Waals surface area (Å²) in [5, 5.41) is 12.1. The Morgan fingerprint density at radius 2 is 2.03 bits per heavy atom. The standard InChI is InChI=1S/C24H24ClNO4S/c1-15-14-31-24-19(30-13-16-6-3-2-4-7-16)10-18-23(22(15)24)17(11-25)12-26(18)20(27)8-5-9-21(28)29/h2-4,6-7,10,14,17H,5,8-9,11-13H2,1H3,(H,28,29). The van der Waals surface area contributed by atoms with Crippen LogP contribution in [0, 0.1) is 6.92 Å². The number of amides is 1. The molecular weight excluding hydrogens is 434 g/mol. The molecule has 1 aliphatic heterocycles. The second-order valence-electron chi connectivity index (χ2n) is 7.81. The van der Waals surface area contributed by atoms with Gasteiger partial charge in [-0.05, 0) is 35.4 Å². The third-order valence-electron chi connectivity index (χ3n) is 5.62. The highest BCUT2D eigenvalue weighted by atomic mass is 35.5. The highest BCUT2D eigenvalue weighted by Crippen LogP contribution is 2.49. The average Bonchev–Trinajstić information content (AvgIpc) is 3.33. The molecule has 0 spiro atoms. The van der Waals surface area contributed by atoms with Gasteiger partial charge in [0.25, 0.3) is 0 Å². The Morgan fingerprint density at radius 3 is 2.74 bits per heavy atom. The van der Waals surface area contributed by atoms with Crippen LogP contribution < -0.4 is 9.64 Å². The van der Waals surface area contributed by atoms with E-state index in [1.165, 1.54) is 0 Å². The van der Waals surface area contributed by atoms with Gasteiger partial charge >= 0.3 is 5.97 Å². The number of nitrogens with zero attached hydrogens (tertiary/aromatic N) is 1. The number of halogens is 1. The Hall–Kier alpha value is -2.57. The molecule has 162 valence electrons. The number of aliphatic carboxylic acids is 1. The number of benzene rings is 2. The van der Waals surface area contributed by atoms with Crippen LogP contribution in [0.1, 0.15) is 41.9 Å². The highest BCUT2D eigenvalue weighted by Gasteiger charge is 2.35. The van der Waals surface area contributed by atoms with Crippen LogP contribution in [-0.4, -0.2) is 29.4 Å². The van der Waals surface area contributed by atoms with E-state index in [-0.39, 0.29) is 24.7 Å². The predicted molar refractivity (Wildman–Crippen MR) is 125 cm³/mol. The first-order valence-corrected chi connectivity index (χ1v) is 11.7. The van der Waals surface area contributed by atoms with Crippen LogP contribution >= 0.6 is 22.9 Å². The van der Waals surface area contributed by atoms with Crippen LogP contribution in [0.15, 0.2) is 41.8 Å². The molecule has 0 bridgehead atoms. The van der Waals surface area contributed by atoms with E-state index < -0.39 is 5.97 Å². The lowest BCUT2D eigenvalue weighted by molar-refractivity contribution is -0.137. The number of carboxylic acid groups (broad SMARTS) is 1. The molecule has 2 heterocycles. The molecule has 0 radical (unpaired) electrons. The molecule has 1 aromatic heterocycles. The average molecular weight is 458 g/mol. The van der Waals surface area contributed by atoms with Gasteiger partial charge in [-0.15, -0.1) is 22.9 Å². The summed E-state index contributed by atoms with van der Waals surface area (Å²) in [4.78, 5) is 25.5. The third kappa shape index (κ3) is 4.41. The monoisotopic (exact) mass is 457 g/mol. The van der Waals surface area contributed by atoms with Crippen LogP contribution in [0.2, 0.25) is 0 Å². The first-order chi connectivity index (χ1) is 15.0. The number of ether oxygens (including phenoxy) is 1. The molecule has 1 N–H and O–H groups in total. The molecule has 1 atom stereocenters. The van der Waals surface area contributed by atoms with E-state index in [0.717, 1.165) is 38.2 Å². The van der Waals surface area contributed by atoms with Gasteiger partial charge in [-0.25, -0.2) is 0 Å². The maximum Gasteiger partial charge on any atom is 0.303 e. The zero-order valence-corrected chi connectivity index (χ0v) is 18.8. The number of rotatable bonds is 8. The molecule has 0 fully saturated rings. The van der Waals surface area contributed by atoms with Crippen molar-refractivity contribution in [1.29, 1.82) is 0 Å². The minimum absolute atomic E-state index is 0.0144. The zero-order chi connectivity index (χ0) is 22.0. The van der Waals surface area contributed by atoms with E-state index in [9.17, 15) is 9.59 Å². The minimum atomic E-state index is -0.888. The van der Waals surface area contributed by atoms with Gasteiger partial charge in [0.05, 0.1) is 10.4 Å². The molecule has 1 unspecified atom stereocenters. The molecular formula is C24H24ClNO4S. The Balaban J connectivity index is 1.70. The van der Waals surface area contributed by atoms with Gasteiger partial charge in [0.1, 0.15) is 12.4 Å². The van der Waals surface area contributed by atoms with Gasteiger partial charge in [-0.2, -0.15) is 0 Å². The molecule has 1 aliphatic rings. The zero-order valence-electron chi connectivity index (χ0n) is 17.3. The molecule has 0 saturated carbocycles. The Morgan fingerprint density at radius 1 is 1.26 bits per heavy atom. The first kappa shape index (κ1) is 21.7. The Kier molecular flexibility index (Phi) is 6.49. The van der Waals surface area contributed by atoms with Crippen molar-refractivity contribution in [2.24, 2.45) is 0 Å². The van der Waals surface area contributed by atoms with Gasteiger partial charge in [-0.1, -0.05) is 30.3 Å². The molecule has 0 saturated heterocycles. The maximum absolute atomic E-state index is 13.0.